The summed E-state index contributed by atoms with van der Waals surface area (Å²) in [5.74, 6) is -2.18. The summed E-state index contributed by atoms with van der Waals surface area (Å²) in [7, 11) is 1.27. The molecular weight excluding hydrogens is 496 g/mol. The fourth-order valence-corrected chi connectivity index (χ4v) is 6.10. The molecule has 2 amide bonds. The van der Waals surface area contributed by atoms with Crippen LogP contribution in [0, 0.1) is 0 Å². The summed E-state index contributed by atoms with van der Waals surface area (Å²) in [5, 5.41) is 22.8. The Kier molecular flexibility index (Phi) is 7.42. The lowest BCUT2D eigenvalue weighted by molar-refractivity contribution is -0.150. The van der Waals surface area contributed by atoms with Gasteiger partial charge in [-0.25, -0.2) is 4.79 Å². The number of aliphatic carboxylic acids is 1. The van der Waals surface area contributed by atoms with Crippen molar-refractivity contribution in [2.24, 2.45) is 5.73 Å². The highest BCUT2D eigenvalue weighted by Gasteiger charge is 2.54. The Morgan fingerprint density at radius 3 is 2.77 bits per heavy atom. The standard InChI is InChI=1S/C21H22N6O6S2/c1-33-13(28)7-12-18(25-26-24-12)34-8-11-9-35-20-15(19(30)27(20)16(11)21(31)32)23-17(29)14(22)10-5-3-2-4-6-10/h2-6,14-15,20H,7-9,22H2,1H3,(H,23,29)(H,31,32)(H,24,25,26)/t14-,15?,20-/m1/s1. The number of carbonyl (C=O) groups is 4. The Morgan fingerprint density at radius 1 is 1.34 bits per heavy atom. The molecule has 3 heterocycles. The Morgan fingerprint density at radius 2 is 2.09 bits per heavy atom. The molecule has 0 radical (unpaired) electrons. The van der Waals surface area contributed by atoms with Gasteiger partial charge in [0, 0.05) is 11.5 Å². The first kappa shape index (κ1) is 24.8. The number of hydrogen-bond donors (Lipinski definition) is 4. The zero-order valence-electron chi connectivity index (χ0n) is 18.5. The molecule has 12 nitrogen and oxygen atoms in total. The fourth-order valence-electron chi connectivity index (χ4n) is 3.69. The van der Waals surface area contributed by atoms with Crippen LogP contribution < -0.4 is 11.1 Å². The first-order valence-corrected chi connectivity index (χ1v) is 12.5. The number of esters is 1. The van der Waals surface area contributed by atoms with Crippen molar-refractivity contribution < 1.29 is 29.0 Å². The SMILES string of the molecule is COC(=O)Cc1n[nH]nc1SCC1=C(C(=O)O)N2C(=O)C(NC(=O)[C@H](N)c3ccccc3)[C@H]2SC1. The van der Waals surface area contributed by atoms with Crippen LogP contribution in [0.4, 0.5) is 0 Å². The molecule has 0 aliphatic carbocycles. The molecule has 1 saturated heterocycles. The van der Waals surface area contributed by atoms with Gasteiger partial charge in [0.25, 0.3) is 5.91 Å². The molecule has 1 unspecified atom stereocenters. The summed E-state index contributed by atoms with van der Waals surface area (Å²) >= 11 is 2.56. The molecule has 0 spiro atoms. The number of benzene rings is 1. The van der Waals surface area contributed by atoms with Crippen LogP contribution in [-0.2, 0) is 30.3 Å². The second-order valence-electron chi connectivity index (χ2n) is 7.66. The average molecular weight is 519 g/mol. The number of β-lactam (4-membered cyclic amide) rings is 1. The Labute approximate surface area is 208 Å². The van der Waals surface area contributed by atoms with Gasteiger partial charge in [0.1, 0.15) is 33.9 Å². The van der Waals surface area contributed by atoms with Gasteiger partial charge in [-0.1, -0.05) is 42.1 Å². The lowest BCUT2D eigenvalue weighted by atomic mass is 10.0. The minimum atomic E-state index is -1.24. The molecule has 0 bridgehead atoms. The highest BCUT2D eigenvalue weighted by Crippen LogP contribution is 2.41. The van der Waals surface area contributed by atoms with E-state index in [1.54, 1.807) is 30.3 Å². The maximum absolute atomic E-state index is 12.9. The van der Waals surface area contributed by atoms with E-state index < -0.39 is 41.2 Å². The predicted octanol–water partition coefficient (Wildman–Crippen LogP) is 0.0509. The van der Waals surface area contributed by atoms with Gasteiger partial charge in [0.2, 0.25) is 5.91 Å². The summed E-state index contributed by atoms with van der Waals surface area (Å²) < 4.78 is 4.64. The zero-order valence-corrected chi connectivity index (χ0v) is 20.1. The number of rotatable bonds is 9. The third-order valence-corrected chi connectivity index (χ3v) is 7.93. The molecule has 1 fully saturated rings. The van der Waals surface area contributed by atoms with Gasteiger partial charge >= 0.3 is 11.9 Å². The number of nitrogens with two attached hydrogens (primary N) is 1. The molecule has 35 heavy (non-hydrogen) atoms. The number of nitrogens with zero attached hydrogens (tertiary/aromatic N) is 3. The van der Waals surface area contributed by atoms with Gasteiger partial charge in [-0.05, 0) is 11.1 Å². The van der Waals surface area contributed by atoms with Crippen molar-refractivity contribution >= 4 is 47.3 Å². The Balaban J connectivity index is 1.44. The van der Waals surface area contributed by atoms with E-state index in [4.69, 9.17) is 5.73 Å². The maximum Gasteiger partial charge on any atom is 0.352 e. The number of amides is 2. The molecular formula is C21H22N6O6S2. The maximum atomic E-state index is 12.9. The van der Waals surface area contributed by atoms with Crippen LogP contribution in [-0.4, -0.2) is 79.2 Å². The van der Waals surface area contributed by atoms with E-state index in [1.807, 2.05) is 0 Å². The molecule has 2 aromatic rings. The van der Waals surface area contributed by atoms with Gasteiger partial charge in [0.15, 0.2) is 0 Å². The van der Waals surface area contributed by atoms with E-state index in [1.165, 1.54) is 35.5 Å². The van der Waals surface area contributed by atoms with E-state index in [0.717, 1.165) is 0 Å². The summed E-state index contributed by atoms with van der Waals surface area (Å²) in [6, 6.07) is 6.94. The van der Waals surface area contributed by atoms with E-state index >= 15 is 0 Å². The van der Waals surface area contributed by atoms with Crippen LogP contribution in [0.15, 0.2) is 46.6 Å². The summed E-state index contributed by atoms with van der Waals surface area (Å²) in [6.45, 7) is 0. The number of thioether (sulfide) groups is 2. The topological polar surface area (TPSA) is 181 Å². The number of hydrogen-bond acceptors (Lipinski definition) is 10. The molecule has 3 atom stereocenters. The van der Waals surface area contributed by atoms with Crippen molar-refractivity contribution in [1.29, 1.82) is 0 Å². The largest absolute Gasteiger partial charge is 0.477 e. The smallest absolute Gasteiger partial charge is 0.352 e. The van der Waals surface area contributed by atoms with Crippen molar-refractivity contribution in [1.82, 2.24) is 25.6 Å². The van der Waals surface area contributed by atoms with Gasteiger partial charge in [-0.2, -0.15) is 10.3 Å². The van der Waals surface area contributed by atoms with Crippen LogP contribution >= 0.6 is 23.5 Å². The second kappa shape index (κ2) is 10.5. The third kappa shape index (κ3) is 5.04. The highest BCUT2D eigenvalue weighted by atomic mass is 32.2. The van der Waals surface area contributed by atoms with Gasteiger partial charge in [0.05, 0.1) is 13.5 Å². The van der Waals surface area contributed by atoms with E-state index in [9.17, 15) is 24.3 Å². The van der Waals surface area contributed by atoms with Gasteiger partial charge < -0.3 is 20.9 Å². The Hall–Kier alpha value is -3.36. The average Bonchev–Trinajstić information content (AvgIpc) is 3.31. The third-order valence-electron chi connectivity index (χ3n) is 5.49. The van der Waals surface area contributed by atoms with Crippen molar-refractivity contribution in [3.05, 3.63) is 52.9 Å². The van der Waals surface area contributed by atoms with Crippen LogP contribution in [0.3, 0.4) is 0 Å². The lowest BCUT2D eigenvalue weighted by Gasteiger charge is -2.49. The number of aromatic amines is 1. The molecule has 0 saturated carbocycles. The van der Waals surface area contributed by atoms with Crippen LogP contribution in [0.2, 0.25) is 0 Å². The van der Waals surface area contributed by atoms with E-state index in [0.29, 0.717) is 27.6 Å². The van der Waals surface area contributed by atoms with Crippen molar-refractivity contribution in [2.75, 3.05) is 18.6 Å². The Bertz CT molecular complexity index is 1190. The fraction of sp³-hybridized carbons (Fsp3) is 0.333. The van der Waals surface area contributed by atoms with Crippen LogP contribution in [0.25, 0.3) is 0 Å². The van der Waals surface area contributed by atoms with Crippen molar-refractivity contribution in [3.63, 3.8) is 0 Å². The number of nitrogens with one attached hydrogen (secondary N) is 2. The summed E-state index contributed by atoms with van der Waals surface area (Å²) in [4.78, 5) is 50.3. The minimum Gasteiger partial charge on any atom is -0.477 e. The van der Waals surface area contributed by atoms with Gasteiger partial charge in [-0.15, -0.1) is 16.9 Å². The van der Waals surface area contributed by atoms with E-state index in [2.05, 4.69) is 25.5 Å². The number of methoxy groups -OCH3 is 1. The molecule has 14 heteroatoms. The zero-order chi connectivity index (χ0) is 25.1. The highest BCUT2D eigenvalue weighted by molar-refractivity contribution is 8.01. The molecule has 1 aromatic heterocycles. The normalized spacial score (nSPS) is 20.1. The number of carboxylic acid groups (broad SMARTS) is 1. The minimum absolute atomic E-state index is 0.0753. The first-order chi connectivity index (χ1) is 16.8. The molecule has 2 aliphatic rings. The molecule has 1 aromatic carbocycles. The first-order valence-electron chi connectivity index (χ1n) is 10.4. The number of carboxylic acids is 1. The molecule has 5 N–H and O–H groups in total. The molecule has 184 valence electrons. The second-order valence-corrected chi connectivity index (χ2v) is 9.73. The number of fused-ring (bicyclic) bond motifs is 1. The lowest BCUT2D eigenvalue weighted by Crippen LogP contribution is -2.71. The van der Waals surface area contributed by atoms with Crippen LogP contribution in [0.1, 0.15) is 17.3 Å². The van der Waals surface area contributed by atoms with Crippen molar-refractivity contribution in [2.45, 2.75) is 28.9 Å². The van der Waals surface area contributed by atoms with E-state index in [-0.39, 0.29) is 17.9 Å². The quantitative estimate of drug-likeness (QED) is 0.200. The number of aromatic nitrogens is 3. The molecule has 4 rings (SSSR count). The number of ether oxygens (including phenoxy) is 1. The summed E-state index contributed by atoms with van der Waals surface area (Å²) in [6.07, 6.45) is -0.0753. The summed E-state index contributed by atoms with van der Waals surface area (Å²) in [5.41, 5.74) is 7.43. The van der Waals surface area contributed by atoms with Crippen molar-refractivity contribution in [3.8, 4) is 0 Å². The van der Waals surface area contributed by atoms with Crippen LogP contribution in [0.5, 0.6) is 0 Å². The monoisotopic (exact) mass is 518 g/mol. The number of carbonyl (C=O) groups excluding carboxylic acids is 3. The number of H-pyrrole nitrogens is 1. The predicted molar refractivity (Wildman–Crippen MR) is 126 cm³/mol. The van der Waals surface area contributed by atoms with Gasteiger partial charge in [-0.3, -0.25) is 19.3 Å². The molecule has 2 aliphatic heterocycles.